The lowest BCUT2D eigenvalue weighted by Crippen LogP contribution is -2.18. The third-order valence-electron chi connectivity index (χ3n) is 3.28. The standard InChI is InChI=1S/C17H9BrCl2N2O3/c18-11-3-1-2-9(4-11)17(24)22-21-7-10-8-25-16-13(15(10)23)5-12(19)6-14(16)20/h1-8H,(H,22,24)/b21-7-. The molecular formula is C17H9BrCl2N2O3. The van der Waals surface area contributed by atoms with Crippen LogP contribution in [0.3, 0.4) is 0 Å². The highest BCUT2D eigenvalue weighted by atomic mass is 79.9. The van der Waals surface area contributed by atoms with Crippen molar-refractivity contribution in [2.24, 2.45) is 5.10 Å². The maximum absolute atomic E-state index is 12.4. The Hall–Kier alpha value is -2.15. The maximum Gasteiger partial charge on any atom is 0.271 e. The van der Waals surface area contributed by atoms with E-state index in [-0.39, 0.29) is 27.0 Å². The molecule has 1 N–H and O–H groups in total. The minimum atomic E-state index is -0.409. The molecule has 0 saturated heterocycles. The van der Waals surface area contributed by atoms with Gasteiger partial charge in [-0.3, -0.25) is 9.59 Å². The van der Waals surface area contributed by atoms with Gasteiger partial charge in [-0.05, 0) is 30.3 Å². The van der Waals surface area contributed by atoms with Crippen LogP contribution in [0.2, 0.25) is 10.0 Å². The lowest BCUT2D eigenvalue weighted by atomic mass is 10.2. The lowest BCUT2D eigenvalue weighted by molar-refractivity contribution is 0.0955. The van der Waals surface area contributed by atoms with Gasteiger partial charge in [-0.25, -0.2) is 5.43 Å². The van der Waals surface area contributed by atoms with Gasteiger partial charge in [0.25, 0.3) is 5.91 Å². The first kappa shape index (κ1) is 17.7. The largest absolute Gasteiger partial charge is 0.462 e. The van der Waals surface area contributed by atoms with E-state index in [0.717, 1.165) is 4.47 Å². The molecule has 0 fully saturated rings. The minimum absolute atomic E-state index is 0.153. The minimum Gasteiger partial charge on any atom is -0.462 e. The van der Waals surface area contributed by atoms with Crippen LogP contribution in [0.5, 0.6) is 0 Å². The molecule has 25 heavy (non-hydrogen) atoms. The molecule has 0 atom stereocenters. The summed E-state index contributed by atoms with van der Waals surface area (Å²) >= 11 is 15.2. The number of carbonyl (C=O) groups is 1. The van der Waals surface area contributed by atoms with Crippen LogP contribution in [-0.2, 0) is 0 Å². The quantitative estimate of drug-likeness (QED) is 0.477. The summed E-state index contributed by atoms with van der Waals surface area (Å²) in [5.41, 5.74) is 2.82. The van der Waals surface area contributed by atoms with Gasteiger partial charge in [0.05, 0.1) is 22.2 Å². The molecular weight excluding hydrogens is 431 g/mol. The monoisotopic (exact) mass is 438 g/mol. The highest BCUT2D eigenvalue weighted by Crippen LogP contribution is 2.26. The Morgan fingerprint density at radius 1 is 1.24 bits per heavy atom. The second-order valence-corrected chi connectivity index (χ2v) is 6.75. The van der Waals surface area contributed by atoms with Crippen molar-refractivity contribution in [3.63, 3.8) is 0 Å². The molecule has 0 aliphatic rings. The predicted octanol–water partition coefficient (Wildman–Crippen LogP) is 4.63. The molecule has 0 aliphatic carbocycles. The van der Waals surface area contributed by atoms with E-state index in [2.05, 4.69) is 26.5 Å². The summed E-state index contributed by atoms with van der Waals surface area (Å²) in [6.45, 7) is 0. The Labute approximate surface area is 160 Å². The van der Waals surface area contributed by atoms with Gasteiger partial charge >= 0.3 is 0 Å². The molecule has 0 unspecified atom stereocenters. The first-order valence-corrected chi connectivity index (χ1v) is 8.50. The smallest absolute Gasteiger partial charge is 0.271 e. The molecule has 1 aromatic heterocycles. The number of hydrogen-bond donors (Lipinski definition) is 1. The van der Waals surface area contributed by atoms with Gasteiger partial charge in [-0.15, -0.1) is 0 Å². The van der Waals surface area contributed by atoms with Crippen LogP contribution in [0.1, 0.15) is 15.9 Å². The fourth-order valence-corrected chi connectivity index (χ4v) is 3.06. The van der Waals surface area contributed by atoms with Crippen molar-refractivity contribution in [1.82, 2.24) is 5.43 Å². The van der Waals surface area contributed by atoms with E-state index >= 15 is 0 Å². The average Bonchev–Trinajstić information content (AvgIpc) is 2.57. The van der Waals surface area contributed by atoms with Crippen LogP contribution in [0, 0.1) is 0 Å². The van der Waals surface area contributed by atoms with Gasteiger partial charge in [0.1, 0.15) is 6.26 Å². The summed E-state index contributed by atoms with van der Waals surface area (Å²) in [6, 6.07) is 9.78. The van der Waals surface area contributed by atoms with Gasteiger partial charge < -0.3 is 4.42 Å². The zero-order chi connectivity index (χ0) is 18.0. The third-order valence-corrected chi connectivity index (χ3v) is 4.27. The van der Waals surface area contributed by atoms with Crippen LogP contribution in [0.4, 0.5) is 0 Å². The molecule has 0 bridgehead atoms. The summed E-state index contributed by atoms with van der Waals surface area (Å²) in [4.78, 5) is 24.4. The van der Waals surface area contributed by atoms with Crippen molar-refractivity contribution in [1.29, 1.82) is 0 Å². The SMILES string of the molecule is O=C(N/N=C\c1coc2c(Cl)cc(Cl)cc2c1=O)c1cccc(Br)c1. The highest BCUT2D eigenvalue weighted by molar-refractivity contribution is 9.10. The van der Waals surface area contributed by atoms with Crippen molar-refractivity contribution in [3.8, 4) is 0 Å². The van der Waals surface area contributed by atoms with Crippen LogP contribution < -0.4 is 10.9 Å². The highest BCUT2D eigenvalue weighted by Gasteiger charge is 2.10. The van der Waals surface area contributed by atoms with Crippen molar-refractivity contribution in [3.05, 3.63) is 78.5 Å². The summed E-state index contributed by atoms with van der Waals surface area (Å²) in [5.74, 6) is -0.409. The van der Waals surface area contributed by atoms with Crippen molar-refractivity contribution in [2.75, 3.05) is 0 Å². The predicted molar refractivity (Wildman–Crippen MR) is 102 cm³/mol. The number of benzene rings is 2. The average molecular weight is 440 g/mol. The zero-order valence-electron chi connectivity index (χ0n) is 12.4. The fourth-order valence-electron chi connectivity index (χ4n) is 2.12. The number of carbonyl (C=O) groups excluding carboxylic acids is 1. The summed E-state index contributed by atoms with van der Waals surface area (Å²) in [7, 11) is 0. The van der Waals surface area contributed by atoms with Crippen LogP contribution in [0.15, 0.2) is 61.4 Å². The molecule has 1 amide bonds. The third kappa shape index (κ3) is 3.92. The van der Waals surface area contributed by atoms with Gasteiger partial charge in [0.2, 0.25) is 5.43 Å². The van der Waals surface area contributed by atoms with Gasteiger partial charge in [-0.2, -0.15) is 5.10 Å². The molecule has 3 aromatic rings. The molecule has 5 nitrogen and oxygen atoms in total. The van der Waals surface area contributed by atoms with E-state index in [1.807, 2.05) is 0 Å². The van der Waals surface area contributed by atoms with E-state index in [1.54, 1.807) is 24.3 Å². The van der Waals surface area contributed by atoms with E-state index in [9.17, 15) is 9.59 Å². The second kappa shape index (κ2) is 7.39. The Morgan fingerprint density at radius 3 is 2.80 bits per heavy atom. The lowest BCUT2D eigenvalue weighted by Gasteiger charge is -2.02. The van der Waals surface area contributed by atoms with Gasteiger partial charge in [0.15, 0.2) is 5.58 Å². The van der Waals surface area contributed by atoms with E-state index in [4.69, 9.17) is 27.6 Å². The maximum atomic E-state index is 12.4. The molecule has 2 aromatic carbocycles. The number of hydrazone groups is 1. The summed E-state index contributed by atoms with van der Waals surface area (Å²) < 4.78 is 6.14. The molecule has 0 aliphatic heterocycles. The molecule has 0 spiro atoms. The molecule has 0 saturated carbocycles. The van der Waals surface area contributed by atoms with E-state index in [1.165, 1.54) is 24.6 Å². The second-order valence-electron chi connectivity index (χ2n) is 4.99. The Bertz CT molecular complexity index is 1060. The number of rotatable bonds is 3. The molecule has 0 radical (unpaired) electrons. The first-order chi connectivity index (χ1) is 12.0. The van der Waals surface area contributed by atoms with Crippen molar-refractivity contribution >= 4 is 62.2 Å². The van der Waals surface area contributed by atoms with Crippen molar-refractivity contribution in [2.45, 2.75) is 0 Å². The van der Waals surface area contributed by atoms with E-state index in [0.29, 0.717) is 10.6 Å². The Morgan fingerprint density at radius 2 is 2.04 bits per heavy atom. The number of fused-ring (bicyclic) bond motifs is 1. The van der Waals surface area contributed by atoms with Gasteiger partial charge in [0, 0.05) is 15.1 Å². The van der Waals surface area contributed by atoms with Crippen LogP contribution >= 0.6 is 39.1 Å². The molecule has 3 rings (SSSR count). The van der Waals surface area contributed by atoms with E-state index < -0.39 is 5.91 Å². The Kier molecular flexibility index (Phi) is 5.22. The van der Waals surface area contributed by atoms with Gasteiger partial charge in [-0.1, -0.05) is 45.2 Å². The normalized spacial score (nSPS) is 11.2. The molecule has 126 valence electrons. The number of hydrogen-bond acceptors (Lipinski definition) is 4. The summed E-state index contributed by atoms with van der Waals surface area (Å²) in [6.07, 6.45) is 2.43. The fraction of sp³-hybridized carbons (Fsp3) is 0. The number of halogens is 3. The topological polar surface area (TPSA) is 71.7 Å². The number of nitrogens with zero attached hydrogens (tertiary/aromatic N) is 1. The van der Waals surface area contributed by atoms with Crippen LogP contribution in [-0.4, -0.2) is 12.1 Å². The number of amides is 1. The summed E-state index contributed by atoms with van der Waals surface area (Å²) in [5, 5.41) is 4.59. The molecule has 8 heteroatoms. The Balaban J connectivity index is 1.85. The molecule has 1 heterocycles. The van der Waals surface area contributed by atoms with Crippen molar-refractivity contribution < 1.29 is 9.21 Å². The zero-order valence-corrected chi connectivity index (χ0v) is 15.5. The van der Waals surface area contributed by atoms with Crippen LogP contribution in [0.25, 0.3) is 11.0 Å². The first-order valence-electron chi connectivity index (χ1n) is 6.95. The number of nitrogens with one attached hydrogen (secondary N) is 1.